The summed E-state index contributed by atoms with van der Waals surface area (Å²) in [6.07, 6.45) is 27.0. The van der Waals surface area contributed by atoms with Gasteiger partial charge in [-0.1, -0.05) is 107 Å². The van der Waals surface area contributed by atoms with Crippen molar-refractivity contribution in [2.45, 2.75) is 33.9 Å². The number of halogens is 9. The van der Waals surface area contributed by atoms with Crippen molar-refractivity contribution < 1.29 is 35.9 Å². The number of pyridine rings is 10. The van der Waals surface area contributed by atoms with Crippen molar-refractivity contribution in [2.75, 3.05) is 0 Å². The Balaban J connectivity index is 0.000000111. The molecule has 2 amide bonds. The van der Waals surface area contributed by atoms with Crippen LogP contribution in [0.25, 0.3) is 179 Å². The monoisotopic (exact) mass is 2000 g/mol. The highest BCUT2D eigenvalue weighted by Crippen LogP contribution is 2.41. The van der Waals surface area contributed by atoms with Gasteiger partial charge < -0.3 is 11.5 Å². The summed E-state index contributed by atoms with van der Waals surface area (Å²) in [5, 5.41) is 27.9. The van der Waals surface area contributed by atoms with Gasteiger partial charge in [-0.15, -0.1) is 0 Å². The van der Waals surface area contributed by atoms with E-state index >= 15 is 0 Å². The van der Waals surface area contributed by atoms with E-state index in [9.17, 15) is 35.9 Å². The molecule has 0 aliphatic heterocycles. The molecule has 24 aromatic rings. The van der Waals surface area contributed by atoms with Crippen LogP contribution in [0.4, 0.5) is 26.3 Å². The summed E-state index contributed by atoms with van der Waals surface area (Å²) in [5.74, 6) is -3.53. The van der Waals surface area contributed by atoms with Crippen LogP contribution in [0.3, 0.4) is 0 Å². The molecule has 16 aromatic heterocycles. The summed E-state index contributed by atoms with van der Waals surface area (Å²) in [4.78, 5) is 65.4. The molecule has 8 aromatic carbocycles. The first kappa shape index (κ1) is 96.3. The molecule has 26 nitrogen and oxygen atoms in total. The Kier molecular flexibility index (Phi) is 28.3. The second-order valence-corrected chi connectivity index (χ2v) is 34.5. The summed E-state index contributed by atoms with van der Waals surface area (Å²) < 4.78 is 93.3. The third-order valence-electron chi connectivity index (χ3n) is 23.4. The molecule has 0 spiro atoms. The molecule has 4 N–H and O–H groups in total. The number of amides is 2. The highest BCUT2D eigenvalue weighted by molar-refractivity contribution is 6.31. The molecule has 716 valence electrons. The number of carbonyl (C=O) groups is 2. The van der Waals surface area contributed by atoms with Crippen LogP contribution in [0, 0.1) is 55.7 Å². The largest absolute Gasteiger partial charge is 0.368 e. The van der Waals surface area contributed by atoms with Gasteiger partial charge >= 0.3 is 0 Å². The molecule has 16 heterocycles. The van der Waals surface area contributed by atoms with Crippen molar-refractivity contribution in [1.29, 1.82) is 0 Å². The molecule has 35 heteroatoms. The maximum absolute atomic E-state index is 14.3. The van der Waals surface area contributed by atoms with Gasteiger partial charge in [0.05, 0.1) is 56.4 Å². The lowest BCUT2D eigenvalue weighted by Gasteiger charge is -2.10. The fraction of sp³-hybridized carbons (Fsp3) is 0.0450. The number of benzene rings is 8. The van der Waals surface area contributed by atoms with E-state index in [1.165, 1.54) is 60.1 Å². The quantitative estimate of drug-likeness (QED) is 0.0670. The maximum atomic E-state index is 14.3. The van der Waals surface area contributed by atoms with E-state index in [1.54, 1.807) is 153 Å². The highest BCUT2D eigenvalue weighted by Gasteiger charge is 2.23. The topological polar surface area (TPSA) is 320 Å². The van der Waals surface area contributed by atoms with Gasteiger partial charge in [-0.05, 0) is 237 Å². The number of primary amides is 2. The van der Waals surface area contributed by atoms with E-state index in [4.69, 9.17) is 46.3 Å². The van der Waals surface area contributed by atoms with Crippen LogP contribution in [0.2, 0.25) is 15.1 Å². The van der Waals surface area contributed by atoms with Crippen molar-refractivity contribution >= 4 is 91.0 Å². The van der Waals surface area contributed by atoms with Gasteiger partial charge in [-0.2, -0.15) is 30.6 Å². The second-order valence-electron chi connectivity index (χ2n) is 33.2. The summed E-state index contributed by atoms with van der Waals surface area (Å²) in [6.45, 7) is 5.49. The molecular weight excluding hydrogens is 1920 g/mol. The fourth-order valence-corrected chi connectivity index (χ4v) is 17.0. The van der Waals surface area contributed by atoms with E-state index in [0.29, 0.717) is 60.6 Å². The standard InChI is InChI=1S/2C21H17FN4O.C18H13FN4.C17H9ClF2N4.C17H10ClFN4.C17H11ClN4/c1-13-9-15(4-6-18(13)22)21-17(3-2-8-24-21)14-5-7-19-16(10-14)11-26(25-19)12-20(23)27;1-13-9-15(4-6-18(13)22)21-17(3-2-8-24-21)14-5-7-19-16(10-14)11-25-26(19)12-20(23)27;1-12-4-6-16(19)15(9-12)18-14(3-2-8-20-18)13-5-7-17-21-11-22-23(17)10-13;18-13-6-12(14(19)7-15(13)20)17-11(2-1-5-21-17)10-3-4-16-22-9-23-24(16)8-10;18-12-4-5-15(19)14(8-12)17-13(2-1-7-20-17)11-3-6-16-21-10-22-23(16)9-11;18-14-4-1-3-12(9-14)17-15(5-2-8-19-17)13-6-7-16-20-11-21-22(16)10-13/h2*2-11H,12H2,1H3,(H2,23,27);2-11H,1H3;1-9H;1-10H;1-11H. The van der Waals surface area contributed by atoms with Crippen LogP contribution >= 0.6 is 34.8 Å². The van der Waals surface area contributed by atoms with E-state index in [-0.39, 0.29) is 46.9 Å². The zero-order chi connectivity index (χ0) is 101. The van der Waals surface area contributed by atoms with Gasteiger partial charge in [0, 0.05) is 184 Å². The molecule has 0 saturated heterocycles. The summed E-state index contributed by atoms with van der Waals surface area (Å²) in [6, 6.07) is 78.8. The molecule has 0 aliphatic rings. The van der Waals surface area contributed by atoms with Crippen molar-refractivity contribution in [3.8, 4) is 134 Å². The molecule has 24 rings (SSSR count). The lowest BCUT2D eigenvalue weighted by atomic mass is 9.97. The number of carbonyl (C=O) groups excluding carboxylic acids is 2. The minimum Gasteiger partial charge on any atom is -0.368 e. The molecule has 0 unspecified atom stereocenters. The lowest BCUT2D eigenvalue weighted by molar-refractivity contribution is -0.119. The van der Waals surface area contributed by atoms with Crippen molar-refractivity contribution in [2.24, 2.45) is 11.5 Å². The zero-order valence-corrected chi connectivity index (χ0v) is 79.5. The first-order valence-electron chi connectivity index (χ1n) is 45.0. The predicted octanol–water partition coefficient (Wildman–Crippen LogP) is 24.1. The van der Waals surface area contributed by atoms with Gasteiger partial charge in [0.25, 0.3) is 0 Å². The molecule has 0 saturated carbocycles. The summed E-state index contributed by atoms with van der Waals surface area (Å²) in [7, 11) is 0. The molecular formula is C111H77Cl3F6N24O2. The van der Waals surface area contributed by atoms with Crippen LogP contribution in [0.1, 0.15) is 16.7 Å². The first-order valence-corrected chi connectivity index (χ1v) is 46.1. The average molecular weight is 2000 g/mol. The molecule has 0 fully saturated rings. The number of aromatic nitrogens is 22. The fourth-order valence-electron chi connectivity index (χ4n) is 16.5. The van der Waals surface area contributed by atoms with Gasteiger partial charge in [-0.3, -0.25) is 48.9 Å². The van der Waals surface area contributed by atoms with E-state index in [1.807, 2.05) is 195 Å². The van der Waals surface area contributed by atoms with E-state index < -0.39 is 23.4 Å². The molecule has 0 bridgehead atoms. The Morgan fingerprint density at radius 1 is 0.295 bits per heavy atom. The summed E-state index contributed by atoms with van der Waals surface area (Å²) >= 11 is 17.9. The molecule has 146 heavy (non-hydrogen) atoms. The number of hydrogen-bond acceptors (Lipinski definition) is 18. The van der Waals surface area contributed by atoms with Gasteiger partial charge in [0.1, 0.15) is 73.3 Å². The Morgan fingerprint density at radius 2 is 0.671 bits per heavy atom. The van der Waals surface area contributed by atoms with Gasteiger partial charge in [-0.25, -0.2) is 64.3 Å². The maximum Gasteiger partial charge on any atom is 0.239 e. The van der Waals surface area contributed by atoms with Crippen molar-refractivity contribution in [1.82, 2.24) is 108 Å². The van der Waals surface area contributed by atoms with Gasteiger partial charge in [0.15, 0.2) is 22.6 Å². The number of nitrogens with two attached hydrogens (primary N) is 2. The Morgan fingerprint density at radius 3 is 1.12 bits per heavy atom. The van der Waals surface area contributed by atoms with Crippen LogP contribution in [0.15, 0.2) is 367 Å². The minimum atomic E-state index is -0.806. The lowest BCUT2D eigenvalue weighted by Crippen LogP contribution is -2.19. The smallest absolute Gasteiger partial charge is 0.239 e. The SMILES string of the molecule is Cc1cc(-c2ncccc2-c2ccc3c(cnn3CC(N)=O)c2)ccc1F.Cc1cc(-c2ncccc2-c2ccc3nn(CC(N)=O)cc3c2)ccc1F.Cc1ccc(F)c(-c2ncccc2-c2ccc3ncnn3c2)c1.Clc1cccc(-c2ncccc2-c2ccc3ncnn3c2)c1.Fc1cc(F)c(-c2ncccc2-c2ccc3ncnn3c2)cc1Cl.Fc1ccc(Cl)cc1-c1ncccc1-c1ccc2ncnn2c1. The number of rotatable bonds is 16. The number of nitrogens with zero attached hydrogens (tertiary/aromatic N) is 22. The molecule has 0 atom stereocenters. The second kappa shape index (κ2) is 42.9. The van der Waals surface area contributed by atoms with E-state index in [2.05, 4.69) is 80.4 Å². The zero-order valence-electron chi connectivity index (χ0n) is 77.3. The average Bonchev–Trinajstić information content (AvgIpc) is 1.53. The number of aryl methyl sites for hydroxylation is 3. The Bertz CT molecular complexity index is 8780. The summed E-state index contributed by atoms with van der Waals surface area (Å²) in [5.41, 5.74) is 35.7. The highest BCUT2D eigenvalue weighted by atomic mass is 35.5. The van der Waals surface area contributed by atoms with Gasteiger partial charge in [0.2, 0.25) is 11.8 Å². The first-order chi connectivity index (χ1) is 70.9. The third-order valence-corrected chi connectivity index (χ3v) is 24.2. The normalized spacial score (nSPS) is 11.0. The van der Waals surface area contributed by atoms with Crippen LogP contribution < -0.4 is 11.5 Å². The number of fused-ring (bicyclic) bond motifs is 6. The van der Waals surface area contributed by atoms with Crippen LogP contribution in [0.5, 0.6) is 0 Å². The predicted molar refractivity (Wildman–Crippen MR) is 551 cm³/mol. The van der Waals surface area contributed by atoms with Crippen LogP contribution in [-0.4, -0.2) is 120 Å². The third kappa shape index (κ3) is 21.5. The minimum absolute atomic E-state index is 0.0375. The Hall–Kier alpha value is -18.5. The Labute approximate surface area is 842 Å². The molecule has 0 aliphatic carbocycles. The van der Waals surface area contributed by atoms with Crippen LogP contribution in [-0.2, 0) is 22.7 Å². The van der Waals surface area contributed by atoms with E-state index in [0.717, 1.165) is 145 Å². The number of hydrogen-bond donors (Lipinski definition) is 2. The van der Waals surface area contributed by atoms with Crippen molar-refractivity contribution in [3.05, 3.63) is 433 Å². The van der Waals surface area contributed by atoms with Crippen molar-refractivity contribution in [3.63, 3.8) is 0 Å². The molecule has 0 radical (unpaired) electrons.